The first-order chi connectivity index (χ1) is 12.2. The molecule has 0 aliphatic carbocycles. The summed E-state index contributed by atoms with van der Waals surface area (Å²) in [6.45, 7) is 2.52. The summed E-state index contributed by atoms with van der Waals surface area (Å²) in [5.74, 6) is -0.549. The van der Waals surface area contributed by atoms with Crippen molar-refractivity contribution < 1.29 is 13.9 Å². The molecule has 2 aromatic carbocycles. The zero-order valence-corrected chi connectivity index (χ0v) is 13.7. The summed E-state index contributed by atoms with van der Waals surface area (Å²) in [5.41, 5.74) is 2.02. The summed E-state index contributed by atoms with van der Waals surface area (Å²) in [7, 11) is 0. The molecular weight excluding hydrogens is 316 g/mol. The van der Waals surface area contributed by atoms with E-state index in [0.717, 1.165) is 11.3 Å². The monoisotopic (exact) mass is 332 g/mol. The number of ether oxygens (including phenoxy) is 1. The van der Waals surface area contributed by atoms with Crippen LogP contribution in [-0.4, -0.2) is 17.4 Å². The fraction of sp³-hybridized carbons (Fsp3) is 0.150. The Kier molecular flexibility index (Phi) is 4.91. The third-order valence-electron chi connectivity index (χ3n) is 3.60. The lowest BCUT2D eigenvalue weighted by molar-refractivity contribution is -0.115. The standard InChI is InChI=1S/C20H16N2O3/c1-2-24-15-10-7-14(8-11-15)9-12-18(23)16(13-21)20-22-17-5-3-4-6-19(17)25-20/h3-12,16H,2H2,1H3/b12-9-/t16-/m0/s1. The van der Waals surface area contributed by atoms with Gasteiger partial charge in [-0.25, -0.2) is 4.98 Å². The number of rotatable bonds is 6. The van der Waals surface area contributed by atoms with Crippen LogP contribution in [0.15, 0.2) is 59.0 Å². The van der Waals surface area contributed by atoms with Crippen LogP contribution in [-0.2, 0) is 4.79 Å². The molecule has 5 nitrogen and oxygen atoms in total. The quantitative estimate of drug-likeness (QED) is 0.635. The lowest BCUT2D eigenvalue weighted by Crippen LogP contribution is -2.08. The number of carbonyl (C=O) groups is 1. The highest BCUT2D eigenvalue weighted by atomic mass is 16.5. The number of allylic oxidation sites excluding steroid dienone is 1. The molecule has 1 atom stereocenters. The Hall–Kier alpha value is -3.39. The Bertz CT molecular complexity index is 916. The van der Waals surface area contributed by atoms with E-state index in [0.29, 0.717) is 17.7 Å². The fourth-order valence-electron chi connectivity index (χ4n) is 2.37. The molecule has 0 aliphatic heterocycles. The summed E-state index contributed by atoms with van der Waals surface area (Å²) < 4.78 is 10.9. The molecule has 0 spiro atoms. The SMILES string of the molecule is CCOc1ccc(/C=C\C(=O)[C@H](C#N)c2nc3ccccc3o2)cc1. The molecule has 0 bridgehead atoms. The zero-order chi connectivity index (χ0) is 17.6. The van der Waals surface area contributed by atoms with Gasteiger partial charge in [0.2, 0.25) is 5.89 Å². The molecule has 1 aromatic heterocycles. The molecule has 124 valence electrons. The summed E-state index contributed by atoms with van der Waals surface area (Å²) >= 11 is 0. The fourth-order valence-corrected chi connectivity index (χ4v) is 2.37. The molecule has 0 saturated heterocycles. The molecule has 5 heteroatoms. The van der Waals surface area contributed by atoms with Crippen molar-refractivity contribution in [3.05, 3.63) is 66.1 Å². The largest absolute Gasteiger partial charge is 0.494 e. The van der Waals surface area contributed by atoms with Gasteiger partial charge in [-0.05, 0) is 42.8 Å². The van der Waals surface area contributed by atoms with Crippen molar-refractivity contribution in [2.45, 2.75) is 12.8 Å². The van der Waals surface area contributed by atoms with E-state index in [9.17, 15) is 10.1 Å². The number of nitrogens with zero attached hydrogens (tertiary/aromatic N) is 2. The third-order valence-corrected chi connectivity index (χ3v) is 3.60. The summed E-state index contributed by atoms with van der Waals surface area (Å²) in [6.07, 6.45) is 3.03. The first-order valence-corrected chi connectivity index (χ1v) is 7.91. The van der Waals surface area contributed by atoms with Gasteiger partial charge in [-0.2, -0.15) is 5.26 Å². The molecule has 0 aliphatic rings. The molecule has 0 unspecified atom stereocenters. The number of fused-ring (bicyclic) bond motifs is 1. The molecule has 0 fully saturated rings. The van der Waals surface area contributed by atoms with E-state index in [2.05, 4.69) is 4.98 Å². The van der Waals surface area contributed by atoms with Crippen molar-refractivity contribution in [2.75, 3.05) is 6.61 Å². The van der Waals surface area contributed by atoms with Crippen LogP contribution in [0.2, 0.25) is 0 Å². The van der Waals surface area contributed by atoms with Crippen LogP contribution < -0.4 is 4.74 Å². The Morgan fingerprint density at radius 2 is 2.04 bits per heavy atom. The van der Waals surface area contributed by atoms with E-state index >= 15 is 0 Å². The number of benzene rings is 2. The number of aromatic nitrogens is 1. The van der Waals surface area contributed by atoms with Crippen LogP contribution >= 0.6 is 0 Å². The summed E-state index contributed by atoms with van der Waals surface area (Å²) in [6, 6.07) is 16.5. The molecule has 0 amide bonds. The highest BCUT2D eigenvalue weighted by Crippen LogP contribution is 2.22. The van der Waals surface area contributed by atoms with Crippen LogP contribution in [0, 0.1) is 11.3 Å². The molecular formula is C20H16N2O3. The topological polar surface area (TPSA) is 76.1 Å². The Morgan fingerprint density at radius 3 is 2.72 bits per heavy atom. The second-order valence-electron chi connectivity index (χ2n) is 5.32. The average Bonchev–Trinajstić information content (AvgIpc) is 3.05. The van der Waals surface area contributed by atoms with Crippen molar-refractivity contribution in [1.82, 2.24) is 4.98 Å². The molecule has 25 heavy (non-hydrogen) atoms. The number of hydrogen-bond acceptors (Lipinski definition) is 5. The summed E-state index contributed by atoms with van der Waals surface area (Å²) in [4.78, 5) is 16.6. The molecule has 1 heterocycles. The van der Waals surface area contributed by atoms with Crippen molar-refractivity contribution in [3.8, 4) is 11.8 Å². The highest BCUT2D eigenvalue weighted by molar-refractivity contribution is 6.00. The second kappa shape index (κ2) is 7.45. The summed E-state index contributed by atoms with van der Waals surface area (Å²) in [5, 5.41) is 9.35. The first kappa shape index (κ1) is 16.5. The van der Waals surface area contributed by atoms with E-state index in [1.54, 1.807) is 18.2 Å². The minimum atomic E-state index is -1.06. The van der Waals surface area contributed by atoms with Gasteiger partial charge in [0.05, 0.1) is 12.7 Å². The average molecular weight is 332 g/mol. The predicted octanol–water partition coefficient (Wildman–Crippen LogP) is 4.12. The third kappa shape index (κ3) is 3.75. The van der Waals surface area contributed by atoms with Crippen LogP contribution in [0.3, 0.4) is 0 Å². The van der Waals surface area contributed by atoms with Crippen molar-refractivity contribution in [2.24, 2.45) is 0 Å². The van der Waals surface area contributed by atoms with Gasteiger partial charge >= 0.3 is 0 Å². The minimum absolute atomic E-state index is 0.116. The number of hydrogen-bond donors (Lipinski definition) is 0. The van der Waals surface area contributed by atoms with Crippen LogP contribution in [0.25, 0.3) is 17.2 Å². The van der Waals surface area contributed by atoms with Crippen LogP contribution in [0.4, 0.5) is 0 Å². The molecule has 0 saturated carbocycles. The van der Waals surface area contributed by atoms with Crippen molar-refractivity contribution in [3.63, 3.8) is 0 Å². The predicted molar refractivity (Wildman–Crippen MR) is 94.0 cm³/mol. The van der Waals surface area contributed by atoms with E-state index < -0.39 is 5.92 Å². The van der Waals surface area contributed by atoms with Gasteiger partial charge in [0.25, 0.3) is 0 Å². The van der Waals surface area contributed by atoms with E-state index in [4.69, 9.17) is 9.15 Å². The molecule has 3 aromatic rings. The van der Waals surface area contributed by atoms with E-state index in [1.165, 1.54) is 6.08 Å². The van der Waals surface area contributed by atoms with Crippen molar-refractivity contribution >= 4 is 23.0 Å². The van der Waals surface area contributed by atoms with Crippen LogP contribution in [0.5, 0.6) is 5.75 Å². The number of para-hydroxylation sites is 2. The number of oxazole rings is 1. The number of ketones is 1. The van der Waals surface area contributed by atoms with E-state index in [-0.39, 0.29) is 11.7 Å². The molecule has 0 N–H and O–H groups in total. The normalized spacial score (nSPS) is 12.2. The lowest BCUT2D eigenvalue weighted by Gasteiger charge is -2.02. The molecule has 0 radical (unpaired) electrons. The lowest BCUT2D eigenvalue weighted by atomic mass is 10.0. The van der Waals surface area contributed by atoms with Gasteiger partial charge in [-0.15, -0.1) is 0 Å². The van der Waals surface area contributed by atoms with Gasteiger partial charge in [-0.1, -0.05) is 30.3 Å². The van der Waals surface area contributed by atoms with Gasteiger partial charge in [0, 0.05) is 0 Å². The number of carbonyl (C=O) groups excluding carboxylic acids is 1. The van der Waals surface area contributed by atoms with Gasteiger partial charge in [-0.3, -0.25) is 4.79 Å². The maximum absolute atomic E-state index is 12.4. The van der Waals surface area contributed by atoms with Gasteiger partial charge < -0.3 is 9.15 Å². The van der Waals surface area contributed by atoms with Crippen molar-refractivity contribution in [1.29, 1.82) is 5.26 Å². The van der Waals surface area contributed by atoms with Crippen LogP contribution in [0.1, 0.15) is 24.3 Å². The zero-order valence-electron chi connectivity index (χ0n) is 13.7. The molecule has 3 rings (SSSR count). The maximum atomic E-state index is 12.4. The minimum Gasteiger partial charge on any atom is -0.494 e. The Labute approximate surface area is 145 Å². The maximum Gasteiger partial charge on any atom is 0.220 e. The second-order valence-corrected chi connectivity index (χ2v) is 5.32. The smallest absolute Gasteiger partial charge is 0.220 e. The first-order valence-electron chi connectivity index (χ1n) is 7.91. The Balaban J connectivity index is 1.77. The highest BCUT2D eigenvalue weighted by Gasteiger charge is 2.23. The number of nitriles is 1. The Morgan fingerprint density at radius 1 is 1.28 bits per heavy atom. The van der Waals surface area contributed by atoms with E-state index in [1.807, 2.05) is 49.4 Å². The van der Waals surface area contributed by atoms with Gasteiger partial charge in [0.15, 0.2) is 17.3 Å². The van der Waals surface area contributed by atoms with Gasteiger partial charge in [0.1, 0.15) is 11.3 Å².